The lowest BCUT2D eigenvalue weighted by molar-refractivity contribution is -0.0832. The van der Waals surface area contributed by atoms with E-state index in [2.05, 4.69) is 24.2 Å². The van der Waals surface area contributed by atoms with Crippen LogP contribution in [0.25, 0.3) is 0 Å². The molecular formula is C11H20N2O2S. The predicted molar refractivity (Wildman–Crippen MR) is 67.1 cm³/mol. The minimum Gasteiger partial charge on any atom is -0.376 e. The molecule has 3 unspecified atom stereocenters. The Hall–Kier alpha value is -0.260. The van der Waals surface area contributed by atoms with E-state index in [9.17, 15) is 0 Å². The molecule has 4 nitrogen and oxygen atoms in total. The lowest BCUT2D eigenvalue weighted by Crippen LogP contribution is -2.42. The fraction of sp³-hybridized carbons (Fsp3) is 0.909. The van der Waals surface area contributed by atoms with Crippen molar-refractivity contribution in [2.75, 3.05) is 32.1 Å². The maximum absolute atomic E-state index is 5.55. The molecule has 0 aromatic rings. The lowest BCUT2D eigenvalue weighted by atomic mass is 10.1. The zero-order chi connectivity index (χ0) is 11.4. The molecule has 2 saturated heterocycles. The zero-order valence-corrected chi connectivity index (χ0v) is 10.8. The van der Waals surface area contributed by atoms with Gasteiger partial charge in [-0.15, -0.1) is 0 Å². The van der Waals surface area contributed by atoms with Crippen molar-refractivity contribution in [3.63, 3.8) is 0 Å². The van der Waals surface area contributed by atoms with Crippen LogP contribution in [0.5, 0.6) is 0 Å². The maximum Gasteiger partial charge on any atom is 0.156 e. The number of hydrogen-bond donors (Lipinski definition) is 1. The Morgan fingerprint density at radius 1 is 1.44 bits per heavy atom. The summed E-state index contributed by atoms with van der Waals surface area (Å²) >= 11 is 1.81. The highest BCUT2D eigenvalue weighted by atomic mass is 32.2. The molecule has 0 aromatic carbocycles. The number of rotatable bonds is 2. The van der Waals surface area contributed by atoms with Crippen molar-refractivity contribution in [3.8, 4) is 0 Å². The van der Waals surface area contributed by atoms with E-state index in [1.165, 1.54) is 0 Å². The first kappa shape index (κ1) is 12.2. The van der Waals surface area contributed by atoms with E-state index in [0.29, 0.717) is 38.3 Å². The quantitative estimate of drug-likeness (QED) is 0.790. The summed E-state index contributed by atoms with van der Waals surface area (Å²) in [5.74, 6) is 1.85. The van der Waals surface area contributed by atoms with Crippen LogP contribution in [0, 0.1) is 5.92 Å². The number of ether oxygens (including phenoxy) is 2. The Morgan fingerprint density at radius 2 is 2.31 bits per heavy atom. The number of nitrogens with zero attached hydrogens (tertiary/aromatic N) is 1. The van der Waals surface area contributed by atoms with E-state index in [1.54, 1.807) is 11.8 Å². The van der Waals surface area contributed by atoms with Gasteiger partial charge in [0.1, 0.15) is 6.10 Å². The number of thioether (sulfide) groups is 1. The van der Waals surface area contributed by atoms with Gasteiger partial charge in [0.25, 0.3) is 0 Å². The number of nitrogens with one attached hydrogen (secondary N) is 1. The summed E-state index contributed by atoms with van der Waals surface area (Å²) < 4.78 is 10.9. The highest BCUT2D eigenvalue weighted by Gasteiger charge is 2.21. The largest absolute Gasteiger partial charge is 0.376 e. The van der Waals surface area contributed by atoms with E-state index in [1.807, 2.05) is 0 Å². The zero-order valence-electron chi connectivity index (χ0n) is 9.94. The summed E-state index contributed by atoms with van der Waals surface area (Å²) in [4.78, 5) is 4.56. The Morgan fingerprint density at radius 3 is 3.00 bits per heavy atom. The van der Waals surface area contributed by atoms with Gasteiger partial charge in [-0.2, -0.15) is 0 Å². The standard InChI is InChI=1S/C11H20N2O2S/c1-8-7-16-11(13-9(8)2)12-5-10-6-14-3-4-15-10/h8-10H,3-7H2,1-2H3,(H,12,13). The molecule has 0 spiro atoms. The monoisotopic (exact) mass is 244 g/mol. The number of hydrogen-bond acceptors (Lipinski definition) is 4. The minimum atomic E-state index is 0.137. The molecule has 0 saturated carbocycles. The van der Waals surface area contributed by atoms with Crippen LogP contribution in [0.2, 0.25) is 0 Å². The van der Waals surface area contributed by atoms with Crippen molar-refractivity contribution in [1.82, 2.24) is 5.32 Å². The first-order chi connectivity index (χ1) is 7.75. The van der Waals surface area contributed by atoms with Crippen LogP contribution in [0.15, 0.2) is 4.99 Å². The van der Waals surface area contributed by atoms with E-state index in [4.69, 9.17) is 9.47 Å². The predicted octanol–water partition coefficient (Wildman–Crippen LogP) is 1.12. The highest BCUT2D eigenvalue weighted by molar-refractivity contribution is 8.13. The summed E-state index contributed by atoms with van der Waals surface area (Å²) in [5.41, 5.74) is 0. The lowest BCUT2D eigenvalue weighted by Gasteiger charge is -2.29. The third-order valence-corrected chi connectivity index (χ3v) is 4.22. The second-order valence-electron chi connectivity index (χ2n) is 4.43. The molecule has 92 valence electrons. The van der Waals surface area contributed by atoms with Crippen molar-refractivity contribution >= 4 is 16.9 Å². The second kappa shape index (κ2) is 5.89. The first-order valence-corrected chi connectivity index (χ1v) is 6.87. The molecule has 0 aromatic heterocycles. The van der Waals surface area contributed by atoms with Gasteiger partial charge in [-0.3, -0.25) is 4.99 Å². The molecule has 1 N–H and O–H groups in total. The van der Waals surface area contributed by atoms with Crippen LogP contribution in [0.3, 0.4) is 0 Å². The van der Waals surface area contributed by atoms with Gasteiger partial charge in [0.15, 0.2) is 5.17 Å². The van der Waals surface area contributed by atoms with E-state index in [0.717, 1.165) is 10.9 Å². The van der Waals surface area contributed by atoms with Gasteiger partial charge in [0, 0.05) is 11.8 Å². The van der Waals surface area contributed by atoms with Crippen molar-refractivity contribution < 1.29 is 9.47 Å². The molecule has 2 aliphatic heterocycles. The van der Waals surface area contributed by atoms with Gasteiger partial charge < -0.3 is 14.8 Å². The van der Waals surface area contributed by atoms with E-state index in [-0.39, 0.29) is 6.10 Å². The van der Waals surface area contributed by atoms with Crippen molar-refractivity contribution in [2.24, 2.45) is 10.9 Å². The molecule has 0 bridgehead atoms. The molecule has 0 radical (unpaired) electrons. The summed E-state index contributed by atoms with van der Waals surface area (Å²) in [7, 11) is 0. The van der Waals surface area contributed by atoms with Crippen LogP contribution in [-0.2, 0) is 9.47 Å². The second-order valence-corrected chi connectivity index (χ2v) is 5.44. The van der Waals surface area contributed by atoms with Crippen molar-refractivity contribution in [1.29, 1.82) is 0 Å². The molecule has 2 aliphatic rings. The van der Waals surface area contributed by atoms with Crippen LogP contribution >= 0.6 is 11.8 Å². The topological polar surface area (TPSA) is 42.9 Å². The van der Waals surface area contributed by atoms with Crippen LogP contribution in [0.4, 0.5) is 0 Å². The molecule has 0 aliphatic carbocycles. The molecule has 3 atom stereocenters. The summed E-state index contributed by atoms with van der Waals surface area (Å²) in [6, 6.07) is 0.517. The van der Waals surface area contributed by atoms with Crippen molar-refractivity contribution in [2.45, 2.75) is 26.0 Å². The van der Waals surface area contributed by atoms with Crippen molar-refractivity contribution in [3.05, 3.63) is 0 Å². The van der Waals surface area contributed by atoms with Gasteiger partial charge in [-0.25, -0.2) is 0 Å². The van der Waals surface area contributed by atoms with Gasteiger partial charge in [-0.1, -0.05) is 18.7 Å². The normalized spacial score (nSPS) is 38.4. The fourth-order valence-electron chi connectivity index (χ4n) is 1.65. The SMILES string of the molecule is CC1CSC(=NCC2COCCO2)NC1C. The fourth-order valence-corrected chi connectivity index (χ4v) is 2.80. The molecular weight excluding hydrogens is 224 g/mol. The van der Waals surface area contributed by atoms with Gasteiger partial charge in [0.2, 0.25) is 0 Å². The van der Waals surface area contributed by atoms with Crippen LogP contribution < -0.4 is 5.32 Å². The Bertz CT molecular complexity index is 254. The molecule has 2 rings (SSSR count). The Kier molecular flexibility index (Phi) is 4.49. The average Bonchev–Trinajstić information content (AvgIpc) is 2.32. The van der Waals surface area contributed by atoms with E-state index < -0.39 is 0 Å². The maximum atomic E-state index is 5.55. The van der Waals surface area contributed by atoms with E-state index >= 15 is 0 Å². The van der Waals surface area contributed by atoms with Gasteiger partial charge in [0.05, 0.1) is 26.4 Å². The highest BCUT2D eigenvalue weighted by Crippen LogP contribution is 2.19. The van der Waals surface area contributed by atoms with Crippen LogP contribution in [-0.4, -0.2) is 49.4 Å². The summed E-state index contributed by atoms with van der Waals surface area (Å²) in [6.45, 7) is 7.27. The number of amidine groups is 1. The Labute approximate surface area is 101 Å². The van der Waals surface area contributed by atoms with Gasteiger partial charge in [-0.05, 0) is 12.8 Å². The first-order valence-electron chi connectivity index (χ1n) is 5.89. The third kappa shape index (κ3) is 3.37. The molecule has 16 heavy (non-hydrogen) atoms. The number of aliphatic imine (C=N–C) groups is 1. The molecule has 5 heteroatoms. The average molecular weight is 244 g/mol. The summed E-state index contributed by atoms with van der Waals surface area (Å²) in [5, 5.41) is 4.48. The molecule has 2 fully saturated rings. The van der Waals surface area contributed by atoms with Crippen LogP contribution in [0.1, 0.15) is 13.8 Å². The van der Waals surface area contributed by atoms with Gasteiger partial charge >= 0.3 is 0 Å². The molecule has 2 heterocycles. The minimum absolute atomic E-state index is 0.137. The summed E-state index contributed by atoms with van der Waals surface area (Å²) in [6.07, 6.45) is 0.137. The third-order valence-electron chi connectivity index (χ3n) is 3.01. The smallest absolute Gasteiger partial charge is 0.156 e. The molecule has 0 amide bonds. The Balaban J connectivity index is 1.78.